The molecule has 0 aliphatic rings. The van der Waals surface area contributed by atoms with Gasteiger partial charge in [-0.1, -0.05) is 18.2 Å². The summed E-state index contributed by atoms with van der Waals surface area (Å²) in [6.07, 6.45) is 2.76. The van der Waals surface area contributed by atoms with E-state index in [1.807, 2.05) is 37.3 Å². The number of amides is 1. The Labute approximate surface area is 118 Å². The molecule has 2 rings (SSSR count). The molecule has 0 saturated heterocycles. The van der Waals surface area contributed by atoms with Crippen molar-refractivity contribution in [2.24, 2.45) is 0 Å². The van der Waals surface area contributed by atoms with Crippen LogP contribution in [-0.2, 0) is 11.2 Å². The summed E-state index contributed by atoms with van der Waals surface area (Å²) in [5.41, 5.74) is 2.70. The van der Waals surface area contributed by atoms with Gasteiger partial charge in [-0.2, -0.15) is 0 Å². The van der Waals surface area contributed by atoms with Crippen molar-refractivity contribution in [3.8, 4) is 5.75 Å². The molecule has 1 aromatic carbocycles. The predicted molar refractivity (Wildman–Crippen MR) is 78.9 cm³/mol. The molecule has 4 nitrogen and oxygen atoms in total. The minimum Gasteiger partial charge on any atom is -0.496 e. The van der Waals surface area contributed by atoms with E-state index in [-0.39, 0.29) is 5.91 Å². The number of anilines is 1. The Bertz CT molecular complexity index is 597. The molecule has 0 aliphatic carbocycles. The lowest BCUT2D eigenvalue weighted by Gasteiger charge is -2.08. The van der Waals surface area contributed by atoms with Crippen LogP contribution in [0.2, 0.25) is 0 Å². The van der Waals surface area contributed by atoms with E-state index in [1.165, 1.54) is 0 Å². The monoisotopic (exact) mass is 270 g/mol. The van der Waals surface area contributed by atoms with Gasteiger partial charge in [0.05, 0.1) is 7.11 Å². The molecule has 2 aromatic rings. The second-order valence-corrected chi connectivity index (χ2v) is 4.55. The number of hydrogen-bond donors (Lipinski definition) is 1. The van der Waals surface area contributed by atoms with E-state index in [2.05, 4.69) is 10.3 Å². The smallest absolute Gasteiger partial charge is 0.224 e. The summed E-state index contributed by atoms with van der Waals surface area (Å²) in [4.78, 5) is 16.0. The van der Waals surface area contributed by atoms with Crippen LogP contribution in [0.15, 0.2) is 42.6 Å². The SMILES string of the molecule is COc1ccccc1CCC(=O)Nc1ccnc(C)c1. The van der Waals surface area contributed by atoms with Crippen molar-refractivity contribution < 1.29 is 9.53 Å². The number of carbonyl (C=O) groups is 1. The molecular formula is C16H18N2O2. The third-order valence-corrected chi connectivity index (χ3v) is 2.99. The molecule has 1 aromatic heterocycles. The van der Waals surface area contributed by atoms with Gasteiger partial charge in [0, 0.05) is 24.0 Å². The number of rotatable bonds is 5. The highest BCUT2D eigenvalue weighted by atomic mass is 16.5. The van der Waals surface area contributed by atoms with E-state index in [4.69, 9.17) is 4.74 Å². The second-order valence-electron chi connectivity index (χ2n) is 4.55. The number of nitrogens with one attached hydrogen (secondary N) is 1. The fourth-order valence-corrected chi connectivity index (χ4v) is 2.00. The Balaban J connectivity index is 1.92. The van der Waals surface area contributed by atoms with Gasteiger partial charge in [0.2, 0.25) is 5.91 Å². The van der Waals surface area contributed by atoms with Gasteiger partial charge in [0.1, 0.15) is 5.75 Å². The number of para-hydroxylation sites is 1. The lowest BCUT2D eigenvalue weighted by Crippen LogP contribution is -2.12. The van der Waals surface area contributed by atoms with Gasteiger partial charge in [0.15, 0.2) is 0 Å². The van der Waals surface area contributed by atoms with E-state index >= 15 is 0 Å². The van der Waals surface area contributed by atoms with Crippen LogP contribution >= 0.6 is 0 Å². The molecule has 1 N–H and O–H groups in total. The van der Waals surface area contributed by atoms with Gasteiger partial charge in [-0.25, -0.2) is 0 Å². The summed E-state index contributed by atoms with van der Waals surface area (Å²) in [5.74, 6) is 0.807. The molecule has 0 aliphatic heterocycles. The summed E-state index contributed by atoms with van der Waals surface area (Å²) in [6.45, 7) is 1.89. The standard InChI is InChI=1S/C16H18N2O2/c1-12-11-14(9-10-17-12)18-16(19)8-7-13-5-3-4-6-15(13)20-2/h3-6,9-11H,7-8H2,1-2H3,(H,17,18,19). The van der Waals surface area contributed by atoms with Crippen LogP contribution in [0.1, 0.15) is 17.7 Å². The number of nitrogens with zero attached hydrogens (tertiary/aromatic N) is 1. The van der Waals surface area contributed by atoms with Gasteiger partial charge in [-0.15, -0.1) is 0 Å². The Kier molecular flexibility index (Phi) is 4.71. The first kappa shape index (κ1) is 14.1. The maximum Gasteiger partial charge on any atom is 0.224 e. The van der Waals surface area contributed by atoms with Gasteiger partial charge in [0.25, 0.3) is 0 Å². The maximum absolute atomic E-state index is 11.9. The fourth-order valence-electron chi connectivity index (χ4n) is 2.00. The van der Waals surface area contributed by atoms with Crippen molar-refractivity contribution in [3.63, 3.8) is 0 Å². The normalized spacial score (nSPS) is 10.1. The summed E-state index contributed by atoms with van der Waals surface area (Å²) in [7, 11) is 1.64. The number of ether oxygens (including phenoxy) is 1. The van der Waals surface area contributed by atoms with Crippen molar-refractivity contribution in [3.05, 3.63) is 53.9 Å². The minimum absolute atomic E-state index is 0.0125. The molecule has 0 unspecified atom stereocenters. The first-order valence-electron chi connectivity index (χ1n) is 6.53. The molecule has 4 heteroatoms. The zero-order chi connectivity index (χ0) is 14.4. The average Bonchev–Trinajstić information content (AvgIpc) is 2.45. The zero-order valence-corrected chi connectivity index (χ0v) is 11.7. The first-order chi connectivity index (χ1) is 9.69. The highest BCUT2D eigenvalue weighted by Gasteiger charge is 2.06. The van der Waals surface area contributed by atoms with Gasteiger partial charge < -0.3 is 10.1 Å². The number of carbonyl (C=O) groups excluding carboxylic acids is 1. The van der Waals surface area contributed by atoms with Crippen LogP contribution in [-0.4, -0.2) is 18.0 Å². The summed E-state index contributed by atoms with van der Waals surface area (Å²) >= 11 is 0. The lowest BCUT2D eigenvalue weighted by molar-refractivity contribution is -0.116. The van der Waals surface area contributed by atoms with Crippen LogP contribution in [0.5, 0.6) is 5.75 Å². The molecular weight excluding hydrogens is 252 g/mol. The average molecular weight is 270 g/mol. The second kappa shape index (κ2) is 6.70. The van der Waals surface area contributed by atoms with Gasteiger partial charge in [-0.05, 0) is 37.1 Å². The third kappa shape index (κ3) is 3.82. The molecule has 0 atom stereocenters. The Morgan fingerprint density at radius 1 is 1.30 bits per heavy atom. The maximum atomic E-state index is 11.9. The first-order valence-corrected chi connectivity index (χ1v) is 6.53. The van der Waals surface area contributed by atoms with Crippen LogP contribution in [0.25, 0.3) is 0 Å². The van der Waals surface area contributed by atoms with Crippen molar-refractivity contribution in [2.75, 3.05) is 12.4 Å². The molecule has 20 heavy (non-hydrogen) atoms. The summed E-state index contributed by atoms with van der Waals surface area (Å²) in [6, 6.07) is 11.4. The van der Waals surface area contributed by atoms with E-state index in [1.54, 1.807) is 19.4 Å². The Morgan fingerprint density at radius 2 is 2.10 bits per heavy atom. The molecule has 1 heterocycles. The largest absolute Gasteiger partial charge is 0.496 e. The summed E-state index contributed by atoms with van der Waals surface area (Å²) in [5, 5.41) is 2.87. The number of benzene rings is 1. The van der Waals surface area contributed by atoms with Crippen molar-refractivity contribution >= 4 is 11.6 Å². The third-order valence-electron chi connectivity index (χ3n) is 2.99. The predicted octanol–water partition coefficient (Wildman–Crippen LogP) is 2.97. The van der Waals surface area contributed by atoms with Crippen molar-refractivity contribution in [1.29, 1.82) is 0 Å². The Hall–Kier alpha value is -2.36. The number of methoxy groups -OCH3 is 1. The molecule has 0 saturated carbocycles. The zero-order valence-electron chi connectivity index (χ0n) is 11.7. The quantitative estimate of drug-likeness (QED) is 0.908. The topological polar surface area (TPSA) is 51.2 Å². The number of aryl methyl sites for hydroxylation is 2. The highest BCUT2D eigenvalue weighted by molar-refractivity contribution is 5.90. The van der Waals surface area contributed by atoms with E-state index < -0.39 is 0 Å². The van der Waals surface area contributed by atoms with Crippen molar-refractivity contribution in [1.82, 2.24) is 4.98 Å². The number of hydrogen-bond acceptors (Lipinski definition) is 3. The molecule has 0 spiro atoms. The minimum atomic E-state index is -0.0125. The highest BCUT2D eigenvalue weighted by Crippen LogP contribution is 2.19. The molecule has 0 bridgehead atoms. The van der Waals surface area contributed by atoms with E-state index in [0.717, 1.165) is 22.7 Å². The van der Waals surface area contributed by atoms with Crippen LogP contribution in [0.3, 0.4) is 0 Å². The van der Waals surface area contributed by atoms with Gasteiger partial charge in [-0.3, -0.25) is 9.78 Å². The molecule has 0 radical (unpaired) electrons. The van der Waals surface area contributed by atoms with Crippen LogP contribution in [0.4, 0.5) is 5.69 Å². The fraction of sp³-hybridized carbons (Fsp3) is 0.250. The van der Waals surface area contributed by atoms with Crippen LogP contribution < -0.4 is 10.1 Å². The Morgan fingerprint density at radius 3 is 2.85 bits per heavy atom. The summed E-state index contributed by atoms with van der Waals surface area (Å²) < 4.78 is 5.27. The molecule has 104 valence electrons. The number of aromatic nitrogens is 1. The lowest BCUT2D eigenvalue weighted by atomic mass is 10.1. The van der Waals surface area contributed by atoms with E-state index in [9.17, 15) is 4.79 Å². The van der Waals surface area contributed by atoms with Gasteiger partial charge >= 0.3 is 0 Å². The van der Waals surface area contributed by atoms with E-state index in [0.29, 0.717) is 12.8 Å². The molecule has 1 amide bonds. The molecule has 0 fully saturated rings. The van der Waals surface area contributed by atoms with Crippen LogP contribution in [0, 0.1) is 6.92 Å². The van der Waals surface area contributed by atoms with Crippen molar-refractivity contribution in [2.45, 2.75) is 19.8 Å². The number of pyridine rings is 1.